The molecule has 0 aromatic carbocycles. The Labute approximate surface area is 106 Å². The fraction of sp³-hybridized carbons (Fsp3) is 0.667. The summed E-state index contributed by atoms with van der Waals surface area (Å²) in [4.78, 5) is 11.4. The number of allylic oxidation sites excluding steroid dienone is 2. The fourth-order valence-electron chi connectivity index (χ4n) is 0.832. The van der Waals surface area contributed by atoms with Crippen molar-refractivity contribution in [3.05, 3.63) is 10.5 Å². The Morgan fingerprint density at radius 3 is 2.21 bits per heavy atom. The van der Waals surface area contributed by atoms with Gasteiger partial charge in [0.2, 0.25) is 0 Å². The molecule has 82 valence electrons. The van der Waals surface area contributed by atoms with E-state index in [9.17, 15) is 4.79 Å². The summed E-state index contributed by atoms with van der Waals surface area (Å²) in [5, 5.41) is 0. The van der Waals surface area contributed by atoms with Gasteiger partial charge in [0, 0.05) is 0 Å². The van der Waals surface area contributed by atoms with Crippen molar-refractivity contribution in [3.63, 3.8) is 0 Å². The van der Waals surface area contributed by atoms with E-state index in [1.165, 1.54) is 6.08 Å². The van der Waals surface area contributed by atoms with Crippen LogP contribution in [0.15, 0.2) is 10.5 Å². The fourth-order valence-corrected chi connectivity index (χ4v) is 2.52. The van der Waals surface area contributed by atoms with Crippen molar-refractivity contribution in [3.8, 4) is 0 Å². The van der Waals surface area contributed by atoms with Crippen LogP contribution in [0.25, 0.3) is 0 Å². The van der Waals surface area contributed by atoms with Crippen LogP contribution >= 0.6 is 34.8 Å². The Balaban J connectivity index is 4.52. The SMILES string of the molecule is C[Se]/C(=C\C(=O)C(Cl)(Cl)Cl)CC(C)C. The van der Waals surface area contributed by atoms with E-state index in [0.717, 1.165) is 10.9 Å². The van der Waals surface area contributed by atoms with Gasteiger partial charge in [-0.15, -0.1) is 0 Å². The third-order valence-corrected chi connectivity index (χ3v) is 3.70. The first kappa shape index (κ1) is 14.8. The molecule has 0 atom stereocenters. The monoisotopic (exact) mass is 322 g/mol. The molecule has 0 saturated heterocycles. The van der Waals surface area contributed by atoms with Gasteiger partial charge >= 0.3 is 107 Å². The van der Waals surface area contributed by atoms with Gasteiger partial charge in [-0.2, -0.15) is 0 Å². The molecule has 0 unspecified atom stereocenters. The van der Waals surface area contributed by atoms with Crippen LogP contribution in [0.3, 0.4) is 0 Å². The molecule has 0 amide bonds. The van der Waals surface area contributed by atoms with E-state index >= 15 is 0 Å². The summed E-state index contributed by atoms with van der Waals surface area (Å²) < 4.78 is -0.725. The zero-order valence-corrected chi connectivity index (χ0v) is 12.3. The summed E-state index contributed by atoms with van der Waals surface area (Å²) in [6, 6.07) is 0. The van der Waals surface area contributed by atoms with E-state index in [-0.39, 0.29) is 15.0 Å². The van der Waals surface area contributed by atoms with Crippen molar-refractivity contribution in [2.75, 3.05) is 0 Å². The van der Waals surface area contributed by atoms with Crippen LogP contribution < -0.4 is 0 Å². The third kappa shape index (κ3) is 6.31. The van der Waals surface area contributed by atoms with E-state index in [0.29, 0.717) is 5.92 Å². The molecule has 0 aliphatic carbocycles. The van der Waals surface area contributed by atoms with Gasteiger partial charge in [-0.3, -0.25) is 0 Å². The van der Waals surface area contributed by atoms with Crippen molar-refractivity contribution < 1.29 is 4.79 Å². The number of halogens is 3. The van der Waals surface area contributed by atoms with Crippen LogP contribution in [0.5, 0.6) is 0 Å². The Kier molecular flexibility index (Phi) is 6.76. The number of hydrogen-bond donors (Lipinski definition) is 0. The second kappa shape index (κ2) is 6.40. The van der Waals surface area contributed by atoms with Crippen molar-refractivity contribution in [1.82, 2.24) is 0 Å². The van der Waals surface area contributed by atoms with Crippen LogP contribution in [0.2, 0.25) is 5.82 Å². The maximum atomic E-state index is 11.4. The summed E-state index contributed by atoms with van der Waals surface area (Å²) in [5.74, 6) is 2.13. The van der Waals surface area contributed by atoms with Crippen LogP contribution in [-0.2, 0) is 4.79 Å². The molecule has 1 nitrogen and oxygen atoms in total. The van der Waals surface area contributed by atoms with Gasteiger partial charge < -0.3 is 0 Å². The molecular weight excluding hydrogens is 309 g/mol. The minimum atomic E-state index is -1.81. The van der Waals surface area contributed by atoms with Crippen molar-refractivity contribution in [2.24, 2.45) is 5.92 Å². The molecule has 0 aromatic rings. The average Bonchev–Trinajstić information content (AvgIpc) is 2.00. The Hall–Kier alpha value is 0.799. The number of carbonyl (C=O) groups is 1. The Morgan fingerprint density at radius 2 is 1.93 bits per heavy atom. The van der Waals surface area contributed by atoms with E-state index in [4.69, 9.17) is 34.8 Å². The molecule has 0 heterocycles. The van der Waals surface area contributed by atoms with Crippen molar-refractivity contribution in [1.29, 1.82) is 0 Å². The van der Waals surface area contributed by atoms with Gasteiger partial charge in [-0.1, -0.05) is 0 Å². The zero-order valence-electron chi connectivity index (χ0n) is 8.31. The number of alkyl halides is 3. The first-order valence-corrected chi connectivity index (χ1v) is 7.83. The molecular formula is C9H13Cl3OSe. The topological polar surface area (TPSA) is 17.1 Å². The van der Waals surface area contributed by atoms with E-state index in [1.54, 1.807) is 0 Å². The number of ketones is 1. The molecule has 0 N–H and O–H groups in total. The molecule has 0 radical (unpaired) electrons. The van der Waals surface area contributed by atoms with Crippen molar-refractivity contribution >= 4 is 55.5 Å². The molecule has 0 spiro atoms. The maximum absolute atomic E-state index is 11.4. The summed E-state index contributed by atoms with van der Waals surface area (Å²) >= 11 is 16.7. The summed E-state index contributed by atoms with van der Waals surface area (Å²) in [5.41, 5.74) is 0. The zero-order chi connectivity index (χ0) is 11.4. The molecule has 0 aliphatic rings. The van der Waals surface area contributed by atoms with Gasteiger partial charge in [0.1, 0.15) is 0 Å². The Morgan fingerprint density at radius 1 is 1.43 bits per heavy atom. The van der Waals surface area contributed by atoms with Crippen LogP contribution in [0.4, 0.5) is 0 Å². The van der Waals surface area contributed by atoms with E-state index < -0.39 is 9.58 Å². The molecule has 0 bridgehead atoms. The molecule has 14 heavy (non-hydrogen) atoms. The third-order valence-electron chi connectivity index (χ3n) is 1.44. The van der Waals surface area contributed by atoms with E-state index in [2.05, 4.69) is 13.8 Å². The average molecular weight is 323 g/mol. The van der Waals surface area contributed by atoms with Gasteiger partial charge in [0.05, 0.1) is 0 Å². The number of rotatable bonds is 4. The number of carbonyl (C=O) groups excluding carboxylic acids is 1. The summed E-state index contributed by atoms with van der Waals surface area (Å²) in [7, 11) is 0. The standard InChI is InChI=1S/C9H13Cl3OSe/c1-6(2)4-7(14-3)5-8(13)9(10,11)12/h5-6H,4H2,1-3H3/b7-5-. The van der Waals surface area contributed by atoms with Gasteiger partial charge in [0.25, 0.3) is 0 Å². The molecule has 0 aromatic heterocycles. The summed E-state index contributed by atoms with van der Waals surface area (Å²) in [6.07, 6.45) is 2.37. The predicted octanol–water partition coefficient (Wildman–Crippen LogP) is 3.61. The van der Waals surface area contributed by atoms with Crippen LogP contribution in [0.1, 0.15) is 20.3 Å². The van der Waals surface area contributed by atoms with Gasteiger partial charge in [0.15, 0.2) is 0 Å². The molecule has 0 rings (SSSR count). The van der Waals surface area contributed by atoms with Crippen LogP contribution in [-0.4, -0.2) is 24.5 Å². The molecule has 0 aliphatic heterocycles. The van der Waals surface area contributed by atoms with E-state index in [1.807, 2.05) is 5.82 Å². The predicted molar refractivity (Wildman–Crippen MR) is 64.5 cm³/mol. The first-order chi connectivity index (χ1) is 6.27. The van der Waals surface area contributed by atoms with Gasteiger partial charge in [-0.05, 0) is 0 Å². The second-order valence-electron chi connectivity index (χ2n) is 3.27. The first-order valence-electron chi connectivity index (χ1n) is 4.13. The van der Waals surface area contributed by atoms with Crippen molar-refractivity contribution in [2.45, 2.75) is 29.9 Å². The van der Waals surface area contributed by atoms with Crippen LogP contribution in [0, 0.1) is 5.92 Å². The Bertz CT molecular complexity index is 231. The molecule has 5 heteroatoms. The summed E-state index contributed by atoms with van der Waals surface area (Å²) in [6.45, 7) is 4.19. The normalized spacial score (nSPS) is 13.5. The minimum absolute atomic E-state index is 0.288. The molecule has 0 saturated carbocycles. The van der Waals surface area contributed by atoms with Gasteiger partial charge in [-0.25, -0.2) is 0 Å². The quantitative estimate of drug-likeness (QED) is 0.439. The molecule has 0 fully saturated rings. The second-order valence-corrected chi connectivity index (χ2v) is 7.51. The number of hydrogen-bond acceptors (Lipinski definition) is 1.